The average Bonchev–Trinajstić information content (AvgIpc) is 2.50. The van der Waals surface area contributed by atoms with Gasteiger partial charge >= 0.3 is 5.97 Å². The van der Waals surface area contributed by atoms with Crippen molar-refractivity contribution in [2.75, 3.05) is 13.7 Å². The van der Waals surface area contributed by atoms with Gasteiger partial charge in [-0.15, -0.1) is 0 Å². The second-order valence-electron chi connectivity index (χ2n) is 4.22. The summed E-state index contributed by atoms with van der Waals surface area (Å²) in [6.07, 6.45) is 0. The summed E-state index contributed by atoms with van der Waals surface area (Å²) in [7, 11) is 1.28. The summed E-state index contributed by atoms with van der Waals surface area (Å²) in [6, 6.07) is 15.2. The Bertz CT molecular complexity index is 569. The van der Waals surface area contributed by atoms with Crippen LogP contribution in [0.15, 0.2) is 54.6 Å². The lowest BCUT2D eigenvalue weighted by atomic mass is 9.99. The van der Waals surface area contributed by atoms with Crippen molar-refractivity contribution in [1.29, 1.82) is 0 Å². The minimum absolute atomic E-state index is 0.0254. The molecule has 3 nitrogen and oxygen atoms in total. The molecule has 1 atom stereocenters. The number of rotatable bonds is 5. The minimum Gasteiger partial charge on any atom is -0.492 e. The van der Waals surface area contributed by atoms with Crippen LogP contribution in [0.3, 0.4) is 0 Å². The standard InChI is InChI=1S/C16H15FO3/c1-19-16(18)14(13-9-5-6-10-15(13)17)11-20-12-7-3-2-4-8-12/h2-10,14H,11H2,1H3. The molecule has 20 heavy (non-hydrogen) atoms. The molecule has 0 aliphatic rings. The summed E-state index contributed by atoms with van der Waals surface area (Å²) in [5, 5.41) is 0. The number of esters is 1. The largest absolute Gasteiger partial charge is 0.492 e. The Morgan fingerprint density at radius 1 is 1.10 bits per heavy atom. The fourth-order valence-electron chi connectivity index (χ4n) is 1.88. The van der Waals surface area contributed by atoms with Crippen LogP contribution in [0, 0.1) is 5.82 Å². The quantitative estimate of drug-likeness (QED) is 0.786. The second kappa shape index (κ2) is 6.70. The van der Waals surface area contributed by atoms with Crippen molar-refractivity contribution < 1.29 is 18.7 Å². The van der Waals surface area contributed by atoms with Gasteiger partial charge < -0.3 is 9.47 Å². The Morgan fingerprint density at radius 3 is 2.40 bits per heavy atom. The number of methoxy groups -OCH3 is 1. The molecule has 0 saturated carbocycles. The van der Waals surface area contributed by atoms with E-state index in [9.17, 15) is 9.18 Å². The molecule has 4 heteroatoms. The third kappa shape index (κ3) is 3.35. The summed E-state index contributed by atoms with van der Waals surface area (Å²) in [4.78, 5) is 11.8. The van der Waals surface area contributed by atoms with E-state index in [-0.39, 0.29) is 12.2 Å². The zero-order valence-corrected chi connectivity index (χ0v) is 11.1. The number of hydrogen-bond donors (Lipinski definition) is 0. The Hall–Kier alpha value is -2.36. The van der Waals surface area contributed by atoms with Crippen molar-refractivity contribution in [3.05, 3.63) is 66.0 Å². The topological polar surface area (TPSA) is 35.5 Å². The smallest absolute Gasteiger partial charge is 0.316 e. The highest BCUT2D eigenvalue weighted by Crippen LogP contribution is 2.22. The number of carbonyl (C=O) groups excluding carboxylic acids is 1. The number of benzene rings is 2. The lowest BCUT2D eigenvalue weighted by Gasteiger charge is -2.16. The first-order valence-electron chi connectivity index (χ1n) is 6.22. The first-order chi connectivity index (χ1) is 9.72. The van der Waals surface area contributed by atoms with E-state index in [1.807, 2.05) is 18.2 Å². The summed E-state index contributed by atoms with van der Waals surface area (Å²) < 4.78 is 24.1. The fourth-order valence-corrected chi connectivity index (χ4v) is 1.88. The van der Waals surface area contributed by atoms with E-state index < -0.39 is 17.7 Å². The van der Waals surface area contributed by atoms with Crippen LogP contribution < -0.4 is 4.74 Å². The monoisotopic (exact) mass is 274 g/mol. The highest BCUT2D eigenvalue weighted by Gasteiger charge is 2.25. The van der Waals surface area contributed by atoms with E-state index in [0.29, 0.717) is 5.75 Å². The summed E-state index contributed by atoms with van der Waals surface area (Å²) in [5.74, 6) is -1.13. The average molecular weight is 274 g/mol. The maximum absolute atomic E-state index is 13.8. The molecule has 1 unspecified atom stereocenters. The Balaban J connectivity index is 2.17. The number of carbonyl (C=O) groups is 1. The van der Waals surface area contributed by atoms with Crippen LogP contribution >= 0.6 is 0 Å². The summed E-state index contributed by atoms with van der Waals surface area (Å²) >= 11 is 0. The van der Waals surface area contributed by atoms with Gasteiger partial charge in [0.25, 0.3) is 0 Å². The summed E-state index contributed by atoms with van der Waals surface area (Å²) in [5.41, 5.74) is 0.273. The lowest BCUT2D eigenvalue weighted by molar-refractivity contribution is -0.143. The molecule has 2 aromatic rings. The number of hydrogen-bond acceptors (Lipinski definition) is 3. The van der Waals surface area contributed by atoms with Crippen molar-refractivity contribution in [2.45, 2.75) is 5.92 Å². The van der Waals surface area contributed by atoms with Crippen LogP contribution in [-0.4, -0.2) is 19.7 Å². The van der Waals surface area contributed by atoms with Gasteiger partial charge in [-0.3, -0.25) is 4.79 Å². The molecule has 0 radical (unpaired) electrons. The van der Waals surface area contributed by atoms with Gasteiger partial charge in [-0.1, -0.05) is 36.4 Å². The zero-order chi connectivity index (χ0) is 14.4. The van der Waals surface area contributed by atoms with Crippen molar-refractivity contribution >= 4 is 5.97 Å². The molecule has 0 aromatic heterocycles. The van der Waals surface area contributed by atoms with E-state index >= 15 is 0 Å². The second-order valence-corrected chi connectivity index (χ2v) is 4.22. The molecule has 0 aliphatic heterocycles. The highest BCUT2D eigenvalue weighted by atomic mass is 19.1. The van der Waals surface area contributed by atoms with Crippen molar-refractivity contribution in [2.24, 2.45) is 0 Å². The number of para-hydroxylation sites is 1. The first kappa shape index (κ1) is 14.1. The van der Waals surface area contributed by atoms with Gasteiger partial charge in [0, 0.05) is 5.56 Å². The molecule has 0 N–H and O–H groups in total. The third-order valence-electron chi connectivity index (χ3n) is 2.93. The molecule has 0 spiro atoms. The zero-order valence-electron chi connectivity index (χ0n) is 11.1. The van der Waals surface area contributed by atoms with Gasteiger partial charge in [-0.05, 0) is 18.2 Å². The molecule has 104 valence electrons. The maximum Gasteiger partial charge on any atom is 0.316 e. The van der Waals surface area contributed by atoms with Crippen LogP contribution in [0.25, 0.3) is 0 Å². The van der Waals surface area contributed by atoms with Gasteiger partial charge in [0.05, 0.1) is 7.11 Å². The molecule has 0 bridgehead atoms. The molecule has 0 saturated heterocycles. The van der Waals surface area contributed by atoms with Gasteiger partial charge in [0.2, 0.25) is 0 Å². The molecule has 0 aliphatic carbocycles. The van der Waals surface area contributed by atoms with Crippen LogP contribution in [0.1, 0.15) is 11.5 Å². The van der Waals surface area contributed by atoms with Crippen LogP contribution in [0.5, 0.6) is 5.75 Å². The Morgan fingerprint density at radius 2 is 1.75 bits per heavy atom. The normalized spacial score (nSPS) is 11.7. The third-order valence-corrected chi connectivity index (χ3v) is 2.93. The molecule has 0 amide bonds. The highest BCUT2D eigenvalue weighted by molar-refractivity contribution is 5.78. The van der Waals surface area contributed by atoms with Crippen LogP contribution in [0.2, 0.25) is 0 Å². The first-order valence-corrected chi connectivity index (χ1v) is 6.22. The summed E-state index contributed by atoms with van der Waals surface area (Å²) in [6.45, 7) is 0.0254. The molecule has 2 rings (SSSR count). The molecule has 0 heterocycles. The van der Waals surface area contributed by atoms with Crippen LogP contribution in [-0.2, 0) is 9.53 Å². The van der Waals surface area contributed by atoms with Crippen molar-refractivity contribution in [3.8, 4) is 5.75 Å². The SMILES string of the molecule is COC(=O)C(COc1ccccc1)c1ccccc1F. The van der Waals surface area contributed by atoms with E-state index in [4.69, 9.17) is 9.47 Å². The predicted molar refractivity (Wildman–Crippen MR) is 73.1 cm³/mol. The molecule has 0 fully saturated rings. The van der Waals surface area contributed by atoms with Gasteiger partial charge in [0.15, 0.2) is 0 Å². The predicted octanol–water partition coefficient (Wildman–Crippen LogP) is 3.16. The van der Waals surface area contributed by atoms with Crippen LogP contribution in [0.4, 0.5) is 4.39 Å². The van der Waals surface area contributed by atoms with Gasteiger partial charge in [-0.2, -0.15) is 0 Å². The fraction of sp³-hybridized carbons (Fsp3) is 0.188. The van der Waals surface area contributed by atoms with Gasteiger partial charge in [0.1, 0.15) is 24.1 Å². The van der Waals surface area contributed by atoms with E-state index in [1.165, 1.54) is 13.2 Å². The maximum atomic E-state index is 13.8. The molecular weight excluding hydrogens is 259 g/mol. The molecular formula is C16H15FO3. The van der Waals surface area contributed by atoms with E-state index in [1.54, 1.807) is 30.3 Å². The van der Waals surface area contributed by atoms with E-state index in [0.717, 1.165) is 0 Å². The van der Waals surface area contributed by atoms with E-state index in [2.05, 4.69) is 0 Å². The molecule has 2 aromatic carbocycles. The Kier molecular flexibility index (Phi) is 4.71. The van der Waals surface area contributed by atoms with Crippen molar-refractivity contribution in [3.63, 3.8) is 0 Å². The Labute approximate surface area is 117 Å². The minimum atomic E-state index is -0.790. The number of ether oxygens (including phenoxy) is 2. The van der Waals surface area contributed by atoms with Gasteiger partial charge in [-0.25, -0.2) is 4.39 Å². The number of halogens is 1. The lowest BCUT2D eigenvalue weighted by Crippen LogP contribution is -2.22. The van der Waals surface area contributed by atoms with Crippen molar-refractivity contribution in [1.82, 2.24) is 0 Å².